The fourth-order valence-electron chi connectivity index (χ4n) is 2.86. The third kappa shape index (κ3) is 5.26. The van der Waals surface area contributed by atoms with E-state index in [4.69, 9.17) is 4.84 Å². The zero-order chi connectivity index (χ0) is 19.2. The molecule has 1 amide bonds. The number of fused-ring (bicyclic) bond motifs is 1. The average molecular weight is 374 g/mol. The average Bonchev–Trinajstić information content (AvgIpc) is 3.10. The van der Waals surface area contributed by atoms with Gasteiger partial charge in [0.2, 0.25) is 6.10 Å². The maximum atomic E-state index is 12.2. The molecule has 7 heteroatoms. The van der Waals surface area contributed by atoms with Crippen LogP contribution >= 0.6 is 0 Å². The Balaban J connectivity index is 1.50. The maximum absolute atomic E-state index is 12.2. The van der Waals surface area contributed by atoms with Crippen molar-refractivity contribution in [3.8, 4) is 5.75 Å². The molecule has 0 spiro atoms. The Morgan fingerprint density at radius 2 is 1.89 bits per heavy atom. The van der Waals surface area contributed by atoms with Gasteiger partial charge in [-0.05, 0) is 79.3 Å². The molecule has 27 heavy (non-hydrogen) atoms. The number of benzene rings is 2. The summed E-state index contributed by atoms with van der Waals surface area (Å²) in [4.78, 5) is 17.4. The Kier molecular flexibility index (Phi) is 6.01. The van der Waals surface area contributed by atoms with Crippen molar-refractivity contribution in [3.05, 3.63) is 59.2 Å². The van der Waals surface area contributed by atoms with E-state index in [-0.39, 0.29) is 11.7 Å². The third-order valence-electron chi connectivity index (χ3n) is 4.26. The number of ether oxygens (including phenoxy) is 1. The molecule has 1 aliphatic rings. The number of hydrogen-bond donors (Lipinski definition) is 1. The minimum absolute atomic E-state index is 0.0603. The van der Waals surface area contributed by atoms with E-state index in [1.54, 1.807) is 19.1 Å². The number of hydrogen-bond acceptors (Lipinski definition) is 4. The van der Waals surface area contributed by atoms with Crippen LogP contribution in [-0.2, 0) is 22.5 Å². The van der Waals surface area contributed by atoms with Crippen molar-refractivity contribution in [2.75, 3.05) is 5.32 Å². The summed E-state index contributed by atoms with van der Waals surface area (Å²) in [7, 11) is 0. The van der Waals surface area contributed by atoms with Crippen molar-refractivity contribution < 1.29 is 23.1 Å². The van der Waals surface area contributed by atoms with Crippen molar-refractivity contribution in [3.63, 3.8) is 0 Å². The molecule has 1 atom stereocenters. The van der Waals surface area contributed by atoms with E-state index < -0.39 is 12.7 Å². The zero-order valence-corrected chi connectivity index (χ0v) is 14.8. The zero-order valence-electron chi connectivity index (χ0n) is 14.8. The number of oxime groups is 1. The van der Waals surface area contributed by atoms with Gasteiger partial charge in [0.1, 0.15) is 5.75 Å². The molecule has 0 saturated carbocycles. The van der Waals surface area contributed by atoms with Crippen molar-refractivity contribution in [1.82, 2.24) is 0 Å². The highest BCUT2D eigenvalue weighted by molar-refractivity contribution is 5.94. The van der Waals surface area contributed by atoms with Crippen molar-refractivity contribution in [1.29, 1.82) is 0 Å². The summed E-state index contributed by atoms with van der Waals surface area (Å²) in [5.74, 6) is -0.240. The van der Waals surface area contributed by atoms with Crippen LogP contribution in [0, 0.1) is 0 Å². The standard InChI is InChI=1S/C20H20F2N2O3/c1-13(19(25)24-17-8-7-15-3-2-4-16(15)11-17)27-23-12-14-5-9-18(10-6-14)26-20(21)22/h5-13,20H,2-4H2,1H3,(H,24,25)/b23-12+. The number of rotatable bonds is 7. The van der Waals surface area contributed by atoms with Gasteiger partial charge in [0, 0.05) is 5.69 Å². The number of amides is 1. The van der Waals surface area contributed by atoms with Gasteiger partial charge in [-0.2, -0.15) is 8.78 Å². The third-order valence-corrected chi connectivity index (χ3v) is 4.26. The summed E-state index contributed by atoms with van der Waals surface area (Å²) < 4.78 is 28.5. The van der Waals surface area contributed by atoms with Gasteiger partial charge in [-0.3, -0.25) is 4.79 Å². The molecule has 5 nitrogen and oxygen atoms in total. The van der Waals surface area contributed by atoms with Crippen LogP contribution in [0.25, 0.3) is 0 Å². The summed E-state index contributed by atoms with van der Waals surface area (Å²) in [6.07, 6.45) is 3.89. The number of halogens is 2. The monoisotopic (exact) mass is 374 g/mol. The number of carbonyl (C=O) groups excluding carboxylic acids is 1. The molecule has 0 heterocycles. The fourth-order valence-corrected chi connectivity index (χ4v) is 2.86. The second kappa shape index (κ2) is 8.62. The molecule has 0 fully saturated rings. The van der Waals surface area contributed by atoms with Crippen molar-refractivity contribution in [2.45, 2.75) is 38.9 Å². The second-order valence-corrected chi connectivity index (χ2v) is 6.26. The number of nitrogens with zero attached hydrogens (tertiary/aromatic N) is 1. The molecule has 1 aliphatic carbocycles. The first-order valence-corrected chi connectivity index (χ1v) is 8.68. The van der Waals surface area contributed by atoms with Gasteiger partial charge in [0.25, 0.3) is 5.91 Å². The molecular weight excluding hydrogens is 354 g/mol. The molecule has 0 radical (unpaired) electrons. The summed E-state index contributed by atoms with van der Waals surface area (Å²) in [5.41, 5.74) is 3.99. The predicted molar refractivity (Wildman–Crippen MR) is 98.3 cm³/mol. The topological polar surface area (TPSA) is 59.9 Å². The minimum Gasteiger partial charge on any atom is -0.435 e. The van der Waals surface area contributed by atoms with E-state index in [2.05, 4.69) is 15.2 Å². The van der Waals surface area contributed by atoms with Crippen LogP contribution in [-0.4, -0.2) is 24.8 Å². The minimum atomic E-state index is -2.86. The molecule has 142 valence electrons. The highest BCUT2D eigenvalue weighted by Crippen LogP contribution is 2.25. The number of alkyl halides is 2. The van der Waals surface area contributed by atoms with Gasteiger partial charge in [-0.1, -0.05) is 11.2 Å². The second-order valence-electron chi connectivity index (χ2n) is 6.26. The summed E-state index contributed by atoms with van der Waals surface area (Å²) in [5, 5.41) is 6.60. The SMILES string of the molecule is CC(O/N=C/c1ccc(OC(F)F)cc1)C(=O)Nc1ccc2c(c1)CCC2. The van der Waals surface area contributed by atoms with Crippen molar-refractivity contribution >= 4 is 17.8 Å². The van der Waals surface area contributed by atoms with Crippen LogP contribution in [0.5, 0.6) is 5.75 Å². The first-order valence-electron chi connectivity index (χ1n) is 8.68. The van der Waals surface area contributed by atoms with Gasteiger partial charge in [0.05, 0.1) is 6.21 Å². The lowest BCUT2D eigenvalue weighted by Gasteiger charge is -2.11. The summed E-state index contributed by atoms with van der Waals surface area (Å²) >= 11 is 0. The van der Waals surface area contributed by atoms with E-state index in [1.807, 2.05) is 18.2 Å². The Morgan fingerprint density at radius 3 is 2.63 bits per heavy atom. The van der Waals surface area contributed by atoms with Gasteiger partial charge < -0.3 is 14.9 Å². The number of carbonyl (C=O) groups is 1. The lowest BCUT2D eigenvalue weighted by Crippen LogP contribution is -2.26. The van der Waals surface area contributed by atoms with E-state index in [0.29, 0.717) is 5.56 Å². The van der Waals surface area contributed by atoms with E-state index in [1.165, 1.54) is 29.5 Å². The van der Waals surface area contributed by atoms with E-state index in [0.717, 1.165) is 24.9 Å². The Labute approximate surface area is 156 Å². The largest absolute Gasteiger partial charge is 0.435 e. The van der Waals surface area contributed by atoms with E-state index >= 15 is 0 Å². The molecule has 1 N–H and O–H groups in total. The molecule has 0 bridgehead atoms. The molecule has 2 aromatic rings. The lowest BCUT2D eigenvalue weighted by atomic mass is 10.1. The molecule has 3 rings (SSSR count). The highest BCUT2D eigenvalue weighted by atomic mass is 19.3. The van der Waals surface area contributed by atoms with E-state index in [9.17, 15) is 13.6 Å². The fraction of sp³-hybridized carbons (Fsp3) is 0.300. The molecule has 1 unspecified atom stereocenters. The quantitative estimate of drug-likeness (QED) is 0.585. The first-order chi connectivity index (χ1) is 13.0. The molecular formula is C20H20F2N2O3. The number of aryl methyl sites for hydroxylation is 2. The molecule has 2 aromatic carbocycles. The Hall–Kier alpha value is -2.96. The molecule has 0 aromatic heterocycles. The maximum Gasteiger partial charge on any atom is 0.387 e. The van der Waals surface area contributed by atoms with Crippen LogP contribution in [0.2, 0.25) is 0 Å². The van der Waals surface area contributed by atoms with Gasteiger partial charge in [-0.25, -0.2) is 0 Å². The molecule has 0 aliphatic heterocycles. The van der Waals surface area contributed by atoms with Crippen molar-refractivity contribution in [2.24, 2.45) is 5.16 Å². The number of anilines is 1. The number of nitrogens with one attached hydrogen (secondary N) is 1. The summed E-state index contributed by atoms with van der Waals surface area (Å²) in [6, 6.07) is 11.8. The van der Waals surface area contributed by atoms with Crippen LogP contribution in [0.15, 0.2) is 47.6 Å². The van der Waals surface area contributed by atoms with Crippen LogP contribution in [0.1, 0.15) is 30.0 Å². The van der Waals surface area contributed by atoms with Gasteiger partial charge in [0.15, 0.2) is 0 Å². The predicted octanol–water partition coefficient (Wildman–Crippen LogP) is 4.15. The van der Waals surface area contributed by atoms with Crippen LogP contribution in [0.3, 0.4) is 0 Å². The lowest BCUT2D eigenvalue weighted by molar-refractivity contribution is -0.126. The summed E-state index contributed by atoms with van der Waals surface area (Å²) in [6.45, 7) is -1.27. The van der Waals surface area contributed by atoms with Gasteiger partial charge >= 0.3 is 6.61 Å². The Bertz CT molecular complexity index is 822. The first kappa shape index (κ1) is 18.8. The van der Waals surface area contributed by atoms with Gasteiger partial charge in [-0.15, -0.1) is 0 Å². The molecule has 0 saturated heterocycles. The smallest absolute Gasteiger partial charge is 0.387 e. The van der Waals surface area contributed by atoms with Crippen LogP contribution in [0.4, 0.5) is 14.5 Å². The Morgan fingerprint density at radius 1 is 1.15 bits per heavy atom. The van der Waals surface area contributed by atoms with Crippen LogP contribution < -0.4 is 10.1 Å². The highest BCUT2D eigenvalue weighted by Gasteiger charge is 2.16. The normalized spacial score (nSPS) is 14.2.